The van der Waals surface area contributed by atoms with Crippen molar-refractivity contribution in [3.05, 3.63) is 69.5 Å². The highest BCUT2D eigenvalue weighted by molar-refractivity contribution is 8.00. The lowest BCUT2D eigenvalue weighted by atomic mass is 10.1. The highest BCUT2D eigenvalue weighted by atomic mass is 35.5. The molecule has 5 nitrogen and oxygen atoms in total. The summed E-state index contributed by atoms with van der Waals surface area (Å²) >= 11 is 7.40. The van der Waals surface area contributed by atoms with Gasteiger partial charge in [0.2, 0.25) is 5.91 Å². The molecule has 1 amide bonds. The van der Waals surface area contributed by atoms with Gasteiger partial charge in [0.1, 0.15) is 5.25 Å². The normalized spacial score (nSPS) is 12.1. The van der Waals surface area contributed by atoms with Gasteiger partial charge in [-0.3, -0.25) is 14.2 Å². The minimum absolute atomic E-state index is 0.0558. The number of halogens is 1. The zero-order chi connectivity index (χ0) is 20.3. The van der Waals surface area contributed by atoms with Crippen molar-refractivity contribution in [1.29, 1.82) is 0 Å². The number of nitrogens with zero attached hydrogens (tertiary/aromatic N) is 3. The van der Waals surface area contributed by atoms with Crippen molar-refractivity contribution in [2.75, 3.05) is 14.1 Å². The average molecular weight is 416 g/mol. The third kappa shape index (κ3) is 4.23. The number of hydrogen-bond acceptors (Lipinski definition) is 4. The van der Waals surface area contributed by atoms with Crippen LogP contribution >= 0.6 is 23.4 Å². The van der Waals surface area contributed by atoms with Crippen LogP contribution in [0.1, 0.15) is 24.2 Å². The number of carbonyl (C=O) groups excluding carboxylic acids is 1. The zero-order valence-electron chi connectivity index (χ0n) is 16.1. The highest BCUT2D eigenvalue weighted by Crippen LogP contribution is 2.35. The van der Waals surface area contributed by atoms with Gasteiger partial charge in [-0.05, 0) is 30.2 Å². The standard InChI is InChI=1S/C21H22ClN3O2S/c1-4-12-25-19(26)16-11-10-15(22)13-17(16)23-21(25)28-18(20(27)24(2)3)14-8-6-5-7-9-14/h5-11,13,18H,4,12H2,1-3H3/t18-/m1/s1. The fourth-order valence-electron chi connectivity index (χ4n) is 2.91. The molecule has 0 aliphatic carbocycles. The topological polar surface area (TPSA) is 55.2 Å². The molecule has 0 aliphatic rings. The van der Waals surface area contributed by atoms with E-state index in [0.717, 1.165) is 12.0 Å². The summed E-state index contributed by atoms with van der Waals surface area (Å²) in [7, 11) is 3.46. The number of rotatable bonds is 6. The summed E-state index contributed by atoms with van der Waals surface area (Å²) in [4.78, 5) is 32.2. The Morgan fingerprint density at radius 1 is 1.21 bits per heavy atom. The molecule has 1 atom stereocenters. The van der Waals surface area contributed by atoms with E-state index >= 15 is 0 Å². The highest BCUT2D eigenvalue weighted by Gasteiger charge is 2.26. The zero-order valence-corrected chi connectivity index (χ0v) is 17.6. The van der Waals surface area contributed by atoms with Gasteiger partial charge in [-0.15, -0.1) is 0 Å². The lowest BCUT2D eigenvalue weighted by Crippen LogP contribution is -2.28. The van der Waals surface area contributed by atoms with Gasteiger partial charge in [0.25, 0.3) is 5.56 Å². The Morgan fingerprint density at radius 2 is 1.93 bits per heavy atom. The van der Waals surface area contributed by atoms with Crippen LogP contribution in [0.5, 0.6) is 0 Å². The van der Waals surface area contributed by atoms with Crippen LogP contribution in [-0.4, -0.2) is 34.5 Å². The van der Waals surface area contributed by atoms with E-state index in [2.05, 4.69) is 0 Å². The van der Waals surface area contributed by atoms with E-state index in [4.69, 9.17) is 16.6 Å². The minimum atomic E-state index is -0.497. The molecule has 1 aromatic heterocycles. The molecular weight excluding hydrogens is 394 g/mol. The summed E-state index contributed by atoms with van der Waals surface area (Å²) in [6.45, 7) is 2.54. The van der Waals surface area contributed by atoms with Crippen molar-refractivity contribution < 1.29 is 4.79 Å². The molecule has 0 aliphatic heterocycles. The van der Waals surface area contributed by atoms with Crippen molar-refractivity contribution in [3.63, 3.8) is 0 Å². The van der Waals surface area contributed by atoms with Crippen molar-refractivity contribution in [3.8, 4) is 0 Å². The van der Waals surface area contributed by atoms with Crippen LogP contribution < -0.4 is 5.56 Å². The van der Waals surface area contributed by atoms with Crippen LogP contribution in [0.2, 0.25) is 5.02 Å². The summed E-state index contributed by atoms with van der Waals surface area (Å²) in [5.74, 6) is -0.0558. The smallest absolute Gasteiger partial charge is 0.262 e. The molecule has 3 rings (SSSR count). The average Bonchev–Trinajstić information content (AvgIpc) is 2.68. The minimum Gasteiger partial charge on any atom is -0.348 e. The van der Waals surface area contributed by atoms with Crippen LogP contribution in [0.25, 0.3) is 10.9 Å². The Kier molecular flexibility index (Phi) is 6.42. The molecule has 3 aromatic rings. The van der Waals surface area contributed by atoms with Gasteiger partial charge in [-0.2, -0.15) is 0 Å². The van der Waals surface area contributed by atoms with Gasteiger partial charge >= 0.3 is 0 Å². The molecule has 0 saturated carbocycles. The number of carbonyl (C=O) groups is 1. The Morgan fingerprint density at radius 3 is 2.57 bits per heavy atom. The molecule has 7 heteroatoms. The van der Waals surface area contributed by atoms with Gasteiger partial charge < -0.3 is 4.90 Å². The van der Waals surface area contributed by atoms with Crippen LogP contribution in [0, 0.1) is 0 Å². The van der Waals surface area contributed by atoms with Gasteiger partial charge in [0.15, 0.2) is 5.16 Å². The van der Waals surface area contributed by atoms with Gasteiger partial charge in [-0.1, -0.05) is 60.6 Å². The summed E-state index contributed by atoms with van der Waals surface area (Å²) in [6, 6.07) is 14.6. The summed E-state index contributed by atoms with van der Waals surface area (Å²) < 4.78 is 1.65. The van der Waals surface area contributed by atoms with E-state index in [1.807, 2.05) is 37.3 Å². The van der Waals surface area contributed by atoms with Crippen LogP contribution in [-0.2, 0) is 11.3 Å². The van der Waals surface area contributed by atoms with Crippen LogP contribution in [0.15, 0.2) is 58.5 Å². The number of thioether (sulfide) groups is 1. The lowest BCUT2D eigenvalue weighted by molar-refractivity contribution is -0.128. The fourth-order valence-corrected chi connectivity index (χ4v) is 4.35. The maximum absolute atomic E-state index is 13.0. The number of fused-ring (bicyclic) bond motifs is 1. The molecule has 1 heterocycles. The molecule has 0 radical (unpaired) electrons. The molecule has 0 bridgehead atoms. The van der Waals surface area contributed by atoms with Crippen molar-refractivity contribution in [2.24, 2.45) is 0 Å². The number of amides is 1. The molecule has 0 spiro atoms. The monoisotopic (exact) mass is 415 g/mol. The van der Waals surface area contributed by atoms with E-state index < -0.39 is 5.25 Å². The molecule has 0 N–H and O–H groups in total. The predicted octanol–water partition coefficient (Wildman–Crippen LogP) is 4.38. The number of hydrogen-bond donors (Lipinski definition) is 0. The molecule has 146 valence electrons. The number of aromatic nitrogens is 2. The molecule has 28 heavy (non-hydrogen) atoms. The Balaban J connectivity index is 2.15. The Hall–Kier alpha value is -2.31. The summed E-state index contributed by atoms with van der Waals surface area (Å²) in [5, 5.41) is 1.07. The Bertz CT molecular complexity index is 1050. The maximum atomic E-state index is 13.0. The van der Waals surface area contributed by atoms with E-state index in [-0.39, 0.29) is 11.5 Å². The predicted molar refractivity (Wildman–Crippen MR) is 115 cm³/mol. The van der Waals surface area contributed by atoms with Gasteiger partial charge in [0.05, 0.1) is 10.9 Å². The summed E-state index contributed by atoms with van der Waals surface area (Å²) in [6.07, 6.45) is 0.784. The van der Waals surface area contributed by atoms with Gasteiger partial charge in [-0.25, -0.2) is 4.98 Å². The van der Waals surface area contributed by atoms with Crippen LogP contribution in [0.4, 0.5) is 0 Å². The third-order valence-electron chi connectivity index (χ3n) is 4.32. The molecule has 0 fully saturated rings. The first kappa shape index (κ1) is 20.4. The van der Waals surface area contributed by atoms with E-state index in [9.17, 15) is 9.59 Å². The first-order chi connectivity index (χ1) is 13.4. The van der Waals surface area contributed by atoms with E-state index in [1.54, 1.807) is 41.8 Å². The molecular formula is C21H22ClN3O2S. The Labute approximate surface area is 173 Å². The quantitative estimate of drug-likeness (QED) is 0.442. The number of benzene rings is 2. The number of likely N-dealkylation sites (N-methyl/N-ethyl adjacent to an activating group) is 1. The van der Waals surface area contributed by atoms with Crippen molar-refractivity contribution in [1.82, 2.24) is 14.5 Å². The third-order valence-corrected chi connectivity index (χ3v) is 5.79. The second-order valence-corrected chi connectivity index (χ2v) is 8.16. The second-order valence-electron chi connectivity index (χ2n) is 6.65. The second kappa shape index (κ2) is 8.80. The molecule has 2 aromatic carbocycles. The van der Waals surface area contributed by atoms with Crippen LogP contribution in [0.3, 0.4) is 0 Å². The first-order valence-electron chi connectivity index (χ1n) is 9.05. The van der Waals surface area contributed by atoms with Crippen molar-refractivity contribution in [2.45, 2.75) is 30.3 Å². The summed E-state index contributed by atoms with van der Waals surface area (Å²) in [5.41, 5.74) is 1.29. The van der Waals surface area contributed by atoms with Gasteiger partial charge in [0, 0.05) is 25.7 Å². The first-order valence-corrected chi connectivity index (χ1v) is 10.3. The molecule has 0 unspecified atom stereocenters. The largest absolute Gasteiger partial charge is 0.348 e. The SMILES string of the molecule is CCCn1c(S[C@@H](C(=O)N(C)C)c2ccccc2)nc2cc(Cl)ccc2c1=O. The fraction of sp³-hybridized carbons (Fsp3) is 0.286. The van der Waals surface area contributed by atoms with E-state index in [1.165, 1.54) is 11.8 Å². The van der Waals surface area contributed by atoms with E-state index in [0.29, 0.717) is 27.6 Å². The molecule has 0 saturated heterocycles. The lowest BCUT2D eigenvalue weighted by Gasteiger charge is -2.22. The maximum Gasteiger partial charge on any atom is 0.262 e. The van der Waals surface area contributed by atoms with Crippen molar-refractivity contribution >= 4 is 40.2 Å².